The van der Waals surface area contributed by atoms with Gasteiger partial charge in [-0.25, -0.2) is 0 Å². The Bertz CT molecular complexity index is 414. The zero-order valence-electron chi connectivity index (χ0n) is 12.0. The van der Waals surface area contributed by atoms with Crippen LogP contribution in [0.4, 0.5) is 5.69 Å². The van der Waals surface area contributed by atoms with Crippen LogP contribution < -0.4 is 5.32 Å². The molecule has 1 aliphatic heterocycles. The fourth-order valence-corrected chi connectivity index (χ4v) is 2.52. The van der Waals surface area contributed by atoms with Gasteiger partial charge in [0, 0.05) is 18.8 Å². The fraction of sp³-hybridized carbons (Fsp3) is 0.562. The van der Waals surface area contributed by atoms with Crippen LogP contribution in [0.1, 0.15) is 33.1 Å². The van der Waals surface area contributed by atoms with Crippen molar-refractivity contribution in [1.82, 2.24) is 4.90 Å². The van der Waals surface area contributed by atoms with E-state index >= 15 is 0 Å². The number of anilines is 1. The highest BCUT2D eigenvalue weighted by Crippen LogP contribution is 2.29. The summed E-state index contributed by atoms with van der Waals surface area (Å²) >= 11 is 0. The standard InChI is InChI=1S/C16H24N2O/c1-16(2)9-6-11-18(12-10-16)15(19)13-17-14-7-4-3-5-8-14/h3-5,7-8,17H,6,9-13H2,1-2H3. The number of hydrogen-bond acceptors (Lipinski definition) is 2. The van der Waals surface area contributed by atoms with E-state index in [1.54, 1.807) is 0 Å². The van der Waals surface area contributed by atoms with Crippen LogP contribution in [0.25, 0.3) is 0 Å². The number of likely N-dealkylation sites (tertiary alicyclic amines) is 1. The van der Waals surface area contributed by atoms with Gasteiger partial charge in [0.25, 0.3) is 0 Å². The number of rotatable bonds is 3. The number of nitrogens with one attached hydrogen (secondary N) is 1. The van der Waals surface area contributed by atoms with E-state index < -0.39 is 0 Å². The van der Waals surface area contributed by atoms with Gasteiger partial charge >= 0.3 is 0 Å². The van der Waals surface area contributed by atoms with Crippen LogP contribution in [0.5, 0.6) is 0 Å². The molecule has 1 aromatic carbocycles. The van der Waals surface area contributed by atoms with E-state index in [1.807, 2.05) is 35.2 Å². The van der Waals surface area contributed by atoms with Crippen LogP contribution in [0.3, 0.4) is 0 Å². The minimum Gasteiger partial charge on any atom is -0.376 e. The Morgan fingerprint density at radius 1 is 1.21 bits per heavy atom. The third-order valence-electron chi connectivity index (χ3n) is 3.91. The molecular formula is C16H24N2O. The number of para-hydroxylation sites is 1. The molecule has 0 bridgehead atoms. The number of hydrogen-bond donors (Lipinski definition) is 1. The van der Waals surface area contributed by atoms with Gasteiger partial charge in [-0.15, -0.1) is 0 Å². The first-order chi connectivity index (χ1) is 9.07. The molecule has 0 aromatic heterocycles. The Morgan fingerprint density at radius 3 is 2.68 bits per heavy atom. The zero-order valence-corrected chi connectivity index (χ0v) is 12.0. The van der Waals surface area contributed by atoms with Crippen LogP contribution in [0.15, 0.2) is 30.3 Å². The molecule has 104 valence electrons. The minimum atomic E-state index is 0.210. The maximum absolute atomic E-state index is 12.2. The molecule has 0 aliphatic carbocycles. The van der Waals surface area contributed by atoms with Gasteiger partial charge in [-0.1, -0.05) is 32.0 Å². The van der Waals surface area contributed by atoms with Crippen molar-refractivity contribution in [2.75, 3.05) is 25.0 Å². The molecule has 1 aromatic rings. The van der Waals surface area contributed by atoms with Crippen molar-refractivity contribution in [3.8, 4) is 0 Å². The van der Waals surface area contributed by atoms with E-state index in [-0.39, 0.29) is 5.91 Å². The Balaban J connectivity index is 1.83. The largest absolute Gasteiger partial charge is 0.376 e. The van der Waals surface area contributed by atoms with E-state index in [2.05, 4.69) is 19.2 Å². The van der Waals surface area contributed by atoms with E-state index in [1.165, 1.54) is 6.42 Å². The summed E-state index contributed by atoms with van der Waals surface area (Å²) in [5.74, 6) is 0.210. The number of carbonyl (C=O) groups excluding carboxylic acids is 1. The maximum Gasteiger partial charge on any atom is 0.241 e. The summed E-state index contributed by atoms with van der Waals surface area (Å²) in [6.07, 6.45) is 3.43. The Labute approximate surface area is 116 Å². The van der Waals surface area contributed by atoms with E-state index in [0.717, 1.165) is 31.6 Å². The third kappa shape index (κ3) is 4.27. The smallest absolute Gasteiger partial charge is 0.241 e. The number of carbonyl (C=O) groups is 1. The summed E-state index contributed by atoms with van der Waals surface area (Å²) in [4.78, 5) is 14.2. The van der Waals surface area contributed by atoms with E-state index in [0.29, 0.717) is 12.0 Å². The highest BCUT2D eigenvalue weighted by molar-refractivity contribution is 5.80. The molecule has 3 heteroatoms. The summed E-state index contributed by atoms with van der Waals surface area (Å²) in [5, 5.41) is 3.19. The average molecular weight is 260 g/mol. The Morgan fingerprint density at radius 2 is 1.95 bits per heavy atom. The van der Waals surface area contributed by atoms with Crippen molar-refractivity contribution in [2.45, 2.75) is 33.1 Å². The lowest BCUT2D eigenvalue weighted by molar-refractivity contribution is -0.129. The average Bonchev–Trinajstić information content (AvgIpc) is 2.58. The molecule has 0 radical (unpaired) electrons. The Kier molecular flexibility index (Phi) is 4.46. The van der Waals surface area contributed by atoms with Gasteiger partial charge < -0.3 is 10.2 Å². The molecule has 3 nitrogen and oxygen atoms in total. The number of nitrogens with zero attached hydrogens (tertiary/aromatic N) is 1. The van der Waals surface area contributed by atoms with Gasteiger partial charge in [-0.2, -0.15) is 0 Å². The van der Waals surface area contributed by atoms with Gasteiger partial charge in [0.05, 0.1) is 6.54 Å². The Hall–Kier alpha value is -1.51. The lowest BCUT2D eigenvalue weighted by Gasteiger charge is -2.23. The molecule has 0 saturated carbocycles. The van der Waals surface area contributed by atoms with Crippen LogP contribution in [0, 0.1) is 5.41 Å². The molecule has 0 atom stereocenters. The van der Waals surface area contributed by atoms with Crippen LogP contribution >= 0.6 is 0 Å². The molecule has 1 amide bonds. The topological polar surface area (TPSA) is 32.3 Å². The molecule has 0 spiro atoms. The highest BCUT2D eigenvalue weighted by atomic mass is 16.2. The fourth-order valence-electron chi connectivity index (χ4n) is 2.52. The quantitative estimate of drug-likeness (QED) is 0.905. The van der Waals surface area contributed by atoms with Gasteiger partial charge in [-0.3, -0.25) is 4.79 Å². The molecule has 1 N–H and O–H groups in total. The molecular weight excluding hydrogens is 236 g/mol. The molecule has 1 saturated heterocycles. The van der Waals surface area contributed by atoms with Crippen molar-refractivity contribution in [3.05, 3.63) is 30.3 Å². The van der Waals surface area contributed by atoms with Gasteiger partial charge in [0.2, 0.25) is 5.91 Å². The number of benzene rings is 1. The SMILES string of the molecule is CC1(C)CCCN(C(=O)CNc2ccccc2)CC1. The van der Waals surface area contributed by atoms with Crippen molar-refractivity contribution in [1.29, 1.82) is 0 Å². The lowest BCUT2D eigenvalue weighted by Crippen LogP contribution is -2.36. The maximum atomic E-state index is 12.2. The second kappa shape index (κ2) is 6.09. The second-order valence-corrected chi connectivity index (χ2v) is 6.12. The van der Waals surface area contributed by atoms with Crippen LogP contribution in [-0.2, 0) is 4.79 Å². The van der Waals surface area contributed by atoms with E-state index in [4.69, 9.17) is 0 Å². The van der Waals surface area contributed by atoms with Crippen molar-refractivity contribution in [3.63, 3.8) is 0 Å². The third-order valence-corrected chi connectivity index (χ3v) is 3.91. The second-order valence-electron chi connectivity index (χ2n) is 6.12. The molecule has 0 unspecified atom stereocenters. The highest BCUT2D eigenvalue weighted by Gasteiger charge is 2.25. The molecule has 19 heavy (non-hydrogen) atoms. The summed E-state index contributed by atoms with van der Waals surface area (Å²) in [6.45, 7) is 6.78. The predicted molar refractivity (Wildman–Crippen MR) is 79.1 cm³/mol. The summed E-state index contributed by atoms with van der Waals surface area (Å²) < 4.78 is 0. The molecule has 2 rings (SSSR count). The van der Waals surface area contributed by atoms with Crippen LogP contribution in [-0.4, -0.2) is 30.4 Å². The summed E-state index contributed by atoms with van der Waals surface area (Å²) in [7, 11) is 0. The van der Waals surface area contributed by atoms with Gasteiger partial charge in [0.15, 0.2) is 0 Å². The molecule has 1 aliphatic rings. The van der Waals surface area contributed by atoms with Crippen molar-refractivity contribution >= 4 is 11.6 Å². The lowest BCUT2D eigenvalue weighted by atomic mass is 9.85. The zero-order chi connectivity index (χ0) is 13.7. The normalized spacial score (nSPS) is 18.7. The van der Waals surface area contributed by atoms with Crippen LogP contribution in [0.2, 0.25) is 0 Å². The first kappa shape index (κ1) is 13.9. The first-order valence-corrected chi connectivity index (χ1v) is 7.14. The molecule has 1 fully saturated rings. The summed E-state index contributed by atoms with van der Waals surface area (Å²) in [5.41, 5.74) is 1.38. The summed E-state index contributed by atoms with van der Waals surface area (Å²) in [6, 6.07) is 9.89. The van der Waals surface area contributed by atoms with E-state index in [9.17, 15) is 4.79 Å². The van der Waals surface area contributed by atoms with Crippen molar-refractivity contribution in [2.24, 2.45) is 5.41 Å². The first-order valence-electron chi connectivity index (χ1n) is 7.14. The van der Waals surface area contributed by atoms with Gasteiger partial charge in [0.1, 0.15) is 0 Å². The van der Waals surface area contributed by atoms with Crippen molar-refractivity contribution < 1.29 is 4.79 Å². The van der Waals surface area contributed by atoms with Gasteiger partial charge in [-0.05, 0) is 36.8 Å². The number of amides is 1. The monoisotopic (exact) mass is 260 g/mol. The predicted octanol–water partition coefficient (Wildman–Crippen LogP) is 3.14. The molecule has 1 heterocycles. The minimum absolute atomic E-state index is 0.210.